The van der Waals surface area contributed by atoms with E-state index >= 15 is 0 Å². The van der Waals surface area contributed by atoms with Crippen LogP contribution < -0.4 is 5.32 Å². The summed E-state index contributed by atoms with van der Waals surface area (Å²) in [5.74, 6) is 2.46. The molecule has 1 aromatic heterocycles. The molecule has 5 nitrogen and oxygen atoms in total. The molecule has 1 unspecified atom stereocenters. The maximum Gasteiger partial charge on any atom is 0.164 e. The Hall–Kier alpha value is -0.500. The number of sulfone groups is 1. The lowest BCUT2D eigenvalue weighted by Crippen LogP contribution is -2.46. The van der Waals surface area contributed by atoms with Crippen molar-refractivity contribution in [2.75, 3.05) is 31.4 Å². The fourth-order valence-electron chi connectivity index (χ4n) is 2.23. The summed E-state index contributed by atoms with van der Waals surface area (Å²) in [7, 11) is -1.17. The highest BCUT2D eigenvalue weighted by Crippen LogP contribution is 2.23. The quantitative estimate of drug-likeness (QED) is 0.873. The zero-order chi connectivity index (χ0) is 13.9. The van der Waals surface area contributed by atoms with Gasteiger partial charge in [-0.15, -0.1) is 0 Å². The van der Waals surface area contributed by atoms with Gasteiger partial charge in [-0.1, -0.05) is 0 Å². The van der Waals surface area contributed by atoms with Gasteiger partial charge in [-0.3, -0.25) is 4.90 Å². The Kier molecular flexibility index (Phi) is 4.94. The molecule has 0 bridgehead atoms. The van der Waals surface area contributed by atoms with Crippen LogP contribution in [0.5, 0.6) is 0 Å². The molecule has 0 saturated carbocycles. The molecular weight excluding hydrogens is 284 g/mol. The molecule has 0 aliphatic carbocycles. The van der Waals surface area contributed by atoms with Crippen LogP contribution in [0.3, 0.4) is 0 Å². The lowest BCUT2D eigenvalue weighted by molar-refractivity contribution is 0.239. The van der Waals surface area contributed by atoms with Gasteiger partial charge in [0.05, 0.1) is 12.8 Å². The van der Waals surface area contributed by atoms with Crippen molar-refractivity contribution < 1.29 is 12.8 Å². The molecule has 19 heavy (non-hydrogen) atoms. The molecule has 7 heteroatoms. The van der Waals surface area contributed by atoms with Gasteiger partial charge in [-0.05, 0) is 13.1 Å². The van der Waals surface area contributed by atoms with Crippen molar-refractivity contribution in [3.8, 4) is 0 Å². The minimum Gasteiger partial charge on any atom is -0.468 e. The van der Waals surface area contributed by atoms with Gasteiger partial charge in [0.25, 0.3) is 0 Å². The summed E-state index contributed by atoms with van der Waals surface area (Å²) in [6.45, 7) is 2.07. The van der Waals surface area contributed by atoms with E-state index in [-0.39, 0.29) is 0 Å². The summed E-state index contributed by atoms with van der Waals surface area (Å²) in [5, 5.41) is 2.68. The molecule has 0 radical (unpaired) electrons. The maximum atomic E-state index is 11.8. The summed E-state index contributed by atoms with van der Waals surface area (Å²) in [5.41, 5.74) is 1.09. The molecule has 1 saturated heterocycles. The van der Waals surface area contributed by atoms with Crippen molar-refractivity contribution >= 4 is 21.6 Å². The second kappa shape index (κ2) is 6.30. The second-order valence-electron chi connectivity index (χ2n) is 4.73. The number of nitrogens with zero attached hydrogens (tertiary/aromatic N) is 1. The van der Waals surface area contributed by atoms with Crippen LogP contribution in [-0.2, 0) is 22.9 Å². The summed E-state index contributed by atoms with van der Waals surface area (Å²) in [6.07, 6.45) is 2.98. The molecule has 1 N–H and O–H groups in total. The molecule has 1 aliphatic heterocycles. The van der Waals surface area contributed by atoms with E-state index in [4.69, 9.17) is 4.42 Å². The fraction of sp³-hybridized carbons (Fsp3) is 0.667. The summed E-state index contributed by atoms with van der Waals surface area (Å²) in [4.78, 5) is 2.00. The molecule has 1 atom stereocenters. The molecule has 2 rings (SSSR count). The van der Waals surface area contributed by atoms with Gasteiger partial charge in [0.15, 0.2) is 9.84 Å². The van der Waals surface area contributed by atoms with Gasteiger partial charge in [0, 0.05) is 36.4 Å². The third-order valence-electron chi connectivity index (χ3n) is 3.24. The number of hydrogen-bond acceptors (Lipinski definition) is 6. The lowest BCUT2D eigenvalue weighted by atomic mass is 10.2. The maximum absolute atomic E-state index is 11.8. The van der Waals surface area contributed by atoms with Crippen LogP contribution in [0.2, 0.25) is 0 Å². The highest BCUT2D eigenvalue weighted by molar-refractivity contribution is 8.00. The standard InChI is InChI=1S/C12H20N2O3S2/c1-13-7-10-3-5-17-11(10)8-14-4-6-18-9-12(14)19(2,15)16/h3,5,12-13H,4,6-9H2,1-2H3. The smallest absolute Gasteiger partial charge is 0.164 e. The van der Waals surface area contributed by atoms with E-state index in [1.54, 1.807) is 18.0 Å². The zero-order valence-electron chi connectivity index (χ0n) is 11.3. The highest BCUT2D eigenvalue weighted by atomic mass is 32.2. The van der Waals surface area contributed by atoms with E-state index in [9.17, 15) is 8.42 Å². The summed E-state index contributed by atoms with van der Waals surface area (Å²) < 4.78 is 29.2. The number of hydrogen-bond donors (Lipinski definition) is 1. The van der Waals surface area contributed by atoms with Crippen molar-refractivity contribution in [1.82, 2.24) is 10.2 Å². The van der Waals surface area contributed by atoms with Gasteiger partial charge in [0.2, 0.25) is 0 Å². The second-order valence-corrected chi connectivity index (χ2v) is 8.08. The van der Waals surface area contributed by atoms with E-state index < -0.39 is 15.2 Å². The molecule has 0 aromatic carbocycles. The van der Waals surface area contributed by atoms with E-state index in [0.717, 1.165) is 30.2 Å². The first-order valence-electron chi connectivity index (χ1n) is 6.23. The monoisotopic (exact) mass is 304 g/mol. The van der Waals surface area contributed by atoms with Gasteiger partial charge < -0.3 is 9.73 Å². The Morgan fingerprint density at radius 1 is 1.58 bits per heavy atom. The Bertz CT molecular complexity index is 513. The van der Waals surface area contributed by atoms with Crippen molar-refractivity contribution in [3.05, 3.63) is 23.7 Å². The average molecular weight is 304 g/mol. The lowest BCUT2D eigenvalue weighted by Gasteiger charge is -2.33. The van der Waals surface area contributed by atoms with Gasteiger partial charge in [-0.25, -0.2) is 8.42 Å². The number of furan rings is 1. The zero-order valence-corrected chi connectivity index (χ0v) is 12.9. The van der Waals surface area contributed by atoms with Gasteiger partial charge >= 0.3 is 0 Å². The molecule has 0 amide bonds. The van der Waals surface area contributed by atoms with Crippen molar-refractivity contribution in [1.29, 1.82) is 0 Å². The number of nitrogens with one attached hydrogen (secondary N) is 1. The minimum atomic E-state index is -3.06. The van der Waals surface area contributed by atoms with Crippen molar-refractivity contribution in [2.24, 2.45) is 0 Å². The Labute approximate surface area is 118 Å². The van der Waals surface area contributed by atoms with Crippen LogP contribution in [0.4, 0.5) is 0 Å². The number of rotatable bonds is 5. The van der Waals surface area contributed by atoms with E-state index in [1.807, 2.05) is 18.0 Å². The first-order valence-corrected chi connectivity index (χ1v) is 9.34. The molecule has 108 valence electrons. The molecular formula is C12H20N2O3S2. The summed E-state index contributed by atoms with van der Waals surface area (Å²) in [6, 6.07) is 1.93. The Morgan fingerprint density at radius 3 is 3.05 bits per heavy atom. The third-order valence-corrected chi connectivity index (χ3v) is 5.92. The summed E-state index contributed by atoms with van der Waals surface area (Å²) >= 11 is 1.70. The largest absolute Gasteiger partial charge is 0.468 e. The van der Waals surface area contributed by atoms with Gasteiger partial charge in [-0.2, -0.15) is 11.8 Å². The topological polar surface area (TPSA) is 62.6 Å². The molecule has 1 aromatic rings. The molecule has 1 fully saturated rings. The van der Waals surface area contributed by atoms with E-state index in [1.165, 1.54) is 6.26 Å². The fourth-order valence-corrected chi connectivity index (χ4v) is 5.17. The minimum absolute atomic E-state index is 0.404. The first-order chi connectivity index (χ1) is 9.02. The van der Waals surface area contributed by atoms with E-state index in [0.29, 0.717) is 12.3 Å². The molecule has 1 aliphatic rings. The predicted molar refractivity (Wildman–Crippen MR) is 77.8 cm³/mol. The van der Waals surface area contributed by atoms with Crippen molar-refractivity contribution in [3.63, 3.8) is 0 Å². The number of thioether (sulfide) groups is 1. The van der Waals surface area contributed by atoms with Crippen LogP contribution in [0.25, 0.3) is 0 Å². The van der Waals surface area contributed by atoms with Crippen LogP contribution in [0.1, 0.15) is 11.3 Å². The molecule has 2 heterocycles. The highest BCUT2D eigenvalue weighted by Gasteiger charge is 2.31. The van der Waals surface area contributed by atoms with E-state index in [2.05, 4.69) is 5.32 Å². The van der Waals surface area contributed by atoms with Crippen LogP contribution in [-0.4, -0.2) is 50.0 Å². The Balaban J connectivity index is 2.13. The van der Waals surface area contributed by atoms with Crippen LogP contribution in [0, 0.1) is 0 Å². The third kappa shape index (κ3) is 3.75. The Morgan fingerprint density at radius 2 is 2.37 bits per heavy atom. The molecule has 0 spiro atoms. The van der Waals surface area contributed by atoms with Crippen LogP contribution in [0.15, 0.2) is 16.7 Å². The van der Waals surface area contributed by atoms with Crippen LogP contribution >= 0.6 is 11.8 Å². The van der Waals surface area contributed by atoms with Gasteiger partial charge in [0.1, 0.15) is 11.1 Å². The SMILES string of the molecule is CNCc1ccoc1CN1CCSCC1S(C)(=O)=O. The normalized spacial score (nSPS) is 21.7. The average Bonchev–Trinajstić information content (AvgIpc) is 2.77. The first kappa shape index (κ1) is 14.9. The predicted octanol–water partition coefficient (Wildman–Crippen LogP) is 0.919. The van der Waals surface area contributed by atoms with Crippen molar-refractivity contribution in [2.45, 2.75) is 18.5 Å².